The molecular weight excluding hydrogens is 310 g/mol. The van der Waals surface area contributed by atoms with Gasteiger partial charge < -0.3 is 15.5 Å². The molecule has 0 aliphatic carbocycles. The summed E-state index contributed by atoms with van der Waals surface area (Å²) in [7, 11) is 0. The van der Waals surface area contributed by atoms with Crippen molar-refractivity contribution in [2.45, 2.75) is 71.4 Å². The Hall–Kier alpha value is -0.320. The Bertz CT molecular complexity index is 356. The third-order valence-electron chi connectivity index (χ3n) is 5.69. The highest BCUT2D eigenvalue weighted by molar-refractivity contribution is 5.85. The van der Waals surface area contributed by atoms with Crippen molar-refractivity contribution in [3.8, 4) is 0 Å². The van der Waals surface area contributed by atoms with Crippen LogP contribution in [0.5, 0.6) is 0 Å². The van der Waals surface area contributed by atoms with Gasteiger partial charge in [-0.3, -0.25) is 4.79 Å². The van der Waals surface area contributed by atoms with E-state index in [9.17, 15) is 4.79 Å². The molecule has 2 saturated heterocycles. The average Bonchev–Trinajstić information content (AvgIpc) is 2.53. The SMILES string of the molecule is CC(C)[C@H](N)C(=O)N1CCC(CCN2CCCCC2C)CC1.Cl. The molecule has 23 heavy (non-hydrogen) atoms. The second-order valence-electron chi connectivity index (χ2n) is 7.71. The quantitative estimate of drug-likeness (QED) is 0.833. The van der Waals surface area contributed by atoms with E-state index < -0.39 is 0 Å². The fourth-order valence-electron chi connectivity index (χ4n) is 3.78. The molecule has 4 nitrogen and oxygen atoms in total. The van der Waals surface area contributed by atoms with E-state index in [0.29, 0.717) is 0 Å². The monoisotopic (exact) mass is 345 g/mol. The standard InChI is InChI=1S/C18H35N3O.ClH/c1-14(2)17(19)18(22)21-12-8-16(9-13-21)7-11-20-10-5-4-6-15(20)3;/h14-17H,4-13,19H2,1-3H3;1H/t15?,17-;/m0./s1. The van der Waals surface area contributed by atoms with Crippen LogP contribution in [0.3, 0.4) is 0 Å². The van der Waals surface area contributed by atoms with Gasteiger partial charge in [0, 0.05) is 19.1 Å². The van der Waals surface area contributed by atoms with E-state index in [2.05, 4.69) is 11.8 Å². The third kappa shape index (κ3) is 5.91. The van der Waals surface area contributed by atoms with Crippen molar-refractivity contribution < 1.29 is 4.79 Å². The van der Waals surface area contributed by atoms with Crippen molar-refractivity contribution >= 4 is 18.3 Å². The molecule has 0 aromatic rings. The molecule has 1 unspecified atom stereocenters. The molecule has 2 N–H and O–H groups in total. The highest BCUT2D eigenvalue weighted by Gasteiger charge is 2.28. The summed E-state index contributed by atoms with van der Waals surface area (Å²) in [6.45, 7) is 10.7. The molecule has 0 aromatic heterocycles. The van der Waals surface area contributed by atoms with Gasteiger partial charge in [0.2, 0.25) is 5.91 Å². The van der Waals surface area contributed by atoms with Crippen LogP contribution in [0.1, 0.15) is 59.3 Å². The number of nitrogens with zero attached hydrogens (tertiary/aromatic N) is 2. The summed E-state index contributed by atoms with van der Waals surface area (Å²) in [6.07, 6.45) is 7.72. The van der Waals surface area contributed by atoms with Gasteiger partial charge in [-0.05, 0) is 64.0 Å². The molecule has 2 rings (SSSR count). The molecule has 0 bridgehead atoms. The van der Waals surface area contributed by atoms with Gasteiger partial charge in [0.1, 0.15) is 0 Å². The van der Waals surface area contributed by atoms with Gasteiger partial charge in [-0.1, -0.05) is 20.3 Å². The van der Waals surface area contributed by atoms with Crippen LogP contribution in [0.4, 0.5) is 0 Å². The van der Waals surface area contributed by atoms with E-state index in [1.165, 1.54) is 38.8 Å². The van der Waals surface area contributed by atoms with Crippen molar-refractivity contribution in [3.05, 3.63) is 0 Å². The maximum atomic E-state index is 12.3. The third-order valence-corrected chi connectivity index (χ3v) is 5.69. The Balaban J connectivity index is 0.00000264. The lowest BCUT2D eigenvalue weighted by atomic mass is 9.91. The zero-order chi connectivity index (χ0) is 16.1. The molecule has 1 amide bonds. The summed E-state index contributed by atoms with van der Waals surface area (Å²) < 4.78 is 0. The predicted molar refractivity (Wildman–Crippen MR) is 98.9 cm³/mol. The number of amides is 1. The zero-order valence-electron chi connectivity index (χ0n) is 15.2. The molecule has 0 radical (unpaired) electrons. The van der Waals surface area contributed by atoms with Crippen LogP contribution in [-0.2, 0) is 4.79 Å². The van der Waals surface area contributed by atoms with E-state index in [4.69, 9.17) is 5.73 Å². The minimum absolute atomic E-state index is 0. The average molecular weight is 346 g/mol. The first kappa shape index (κ1) is 20.7. The highest BCUT2D eigenvalue weighted by atomic mass is 35.5. The van der Waals surface area contributed by atoms with Crippen molar-refractivity contribution in [2.24, 2.45) is 17.6 Å². The van der Waals surface area contributed by atoms with Crippen molar-refractivity contribution in [1.82, 2.24) is 9.80 Å². The van der Waals surface area contributed by atoms with Gasteiger partial charge in [-0.2, -0.15) is 0 Å². The number of carbonyl (C=O) groups is 1. The molecule has 2 atom stereocenters. The van der Waals surface area contributed by atoms with Crippen molar-refractivity contribution in [2.75, 3.05) is 26.2 Å². The second-order valence-corrected chi connectivity index (χ2v) is 7.71. The number of nitrogens with two attached hydrogens (primary N) is 1. The van der Waals surface area contributed by atoms with Crippen LogP contribution in [0.15, 0.2) is 0 Å². The first-order chi connectivity index (χ1) is 10.5. The van der Waals surface area contributed by atoms with Gasteiger partial charge in [0.25, 0.3) is 0 Å². The molecule has 2 aliphatic heterocycles. The Morgan fingerprint density at radius 1 is 1.13 bits per heavy atom. The van der Waals surface area contributed by atoms with Crippen LogP contribution >= 0.6 is 12.4 Å². The Morgan fingerprint density at radius 3 is 2.35 bits per heavy atom. The summed E-state index contributed by atoms with van der Waals surface area (Å²) in [4.78, 5) is 16.9. The van der Waals surface area contributed by atoms with Gasteiger partial charge in [0.05, 0.1) is 6.04 Å². The van der Waals surface area contributed by atoms with E-state index >= 15 is 0 Å². The van der Waals surface area contributed by atoms with Gasteiger partial charge >= 0.3 is 0 Å². The first-order valence-corrected chi connectivity index (χ1v) is 9.27. The number of piperidine rings is 2. The van der Waals surface area contributed by atoms with Crippen LogP contribution in [0.2, 0.25) is 0 Å². The lowest BCUT2D eigenvalue weighted by Gasteiger charge is -2.37. The van der Waals surface area contributed by atoms with E-state index in [0.717, 1.165) is 37.9 Å². The van der Waals surface area contributed by atoms with Gasteiger partial charge in [0.15, 0.2) is 0 Å². The van der Waals surface area contributed by atoms with Crippen molar-refractivity contribution in [1.29, 1.82) is 0 Å². The summed E-state index contributed by atoms with van der Waals surface area (Å²) >= 11 is 0. The summed E-state index contributed by atoms with van der Waals surface area (Å²) in [5.41, 5.74) is 6.00. The number of rotatable bonds is 5. The molecule has 0 aromatic carbocycles. The van der Waals surface area contributed by atoms with Crippen molar-refractivity contribution in [3.63, 3.8) is 0 Å². The largest absolute Gasteiger partial charge is 0.341 e. The molecule has 2 aliphatic rings. The lowest BCUT2D eigenvalue weighted by Crippen LogP contribution is -2.49. The van der Waals surface area contributed by atoms with E-state index in [1.54, 1.807) is 0 Å². The maximum Gasteiger partial charge on any atom is 0.239 e. The molecule has 136 valence electrons. The second kappa shape index (κ2) is 9.85. The summed E-state index contributed by atoms with van der Waals surface area (Å²) in [5.74, 6) is 1.16. The van der Waals surface area contributed by atoms with E-state index in [-0.39, 0.29) is 30.3 Å². The smallest absolute Gasteiger partial charge is 0.239 e. The normalized spacial score (nSPS) is 25.3. The fourth-order valence-corrected chi connectivity index (χ4v) is 3.78. The minimum atomic E-state index is -0.328. The molecule has 0 saturated carbocycles. The lowest BCUT2D eigenvalue weighted by molar-refractivity contribution is -0.135. The Labute approximate surface area is 148 Å². The van der Waals surface area contributed by atoms with Gasteiger partial charge in [-0.25, -0.2) is 0 Å². The predicted octanol–water partition coefficient (Wildman–Crippen LogP) is 2.89. The number of halogens is 1. The molecule has 2 heterocycles. The summed E-state index contributed by atoms with van der Waals surface area (Å²) in [6, 6.07) is 0.435. The minimum Gasteiger partial charge on any atom is -0.341 e. The number of carbonyl (C=O) groups excluding carboxylic acids is 1. The van der Waals surface area contributed by atoms with Crippen LogP contribution in [0.25, 0.3) is 0 Å². The maximum absolute atomic E-state index is 12.3. The van der Waals surface area contributed by atoms with E-state index in [1.807, 2.05) is 18.7 Å². The van der Waals surface area contributed by atoms with Crippen LogP contribution in [-0.4, -0.2) is 54.0 Å². The Morgan fingerprint density at radius 2 is 1.78 bits per heavy atom. The van der Waals surface area contributed by atoms with Crippen LogP contribution in [0, 0.1) is 11.8 Å². The number of likely N-dealkylation sites (tertiary alicyclic amines) is 2. The Kier molecular flexibility index (Phi) is 8.88. The summed E-state index contributed by atoms with van der Waals surface area (Å²) in [5, 5.41) is 0. The van der Waals surface area contributed by atoms with Gasteiger partial charge in [-0.15, -0.1) is 12.4 Å². The first-order valence-electron chi connectivity index (χ1n) is 9.27. The molecule has 5 heteroatoms. The fraction of sp³-hybridized carbons (Fsp3) is 0.944. The molecular formula is C18H36ClN3O. The zero-order valence-corrected chi connectivity index (χ0v) is 16.0. The molecule has 0 spiro atoms. The van der Waals surface area contributed by atoms with Crippen LogP contribution < -0.4 is 5.73 Å². The molecule has 2 fully saturated rings. The highest BCUT2D eigenvalue weighted by Crippen LogP contribution is 2.24. The topological polar surface area (TPSA) is 49.6 Å². The number of hydrogen-bond donors (Lipinski definition) is 1. The number of hydrogen-bond acceptors (Lipinski definition) is 3.